The molecule has 0 saturated carbocycles. The molecule has 0 aliphatic carbocycles. The van der Waals surface area contributed by atoms with Crippen molar-refractivity contribution < 1.29 is 9.66 Å². The van der Waals surface area contributed by atoms with Gasteiger partial charge in [-0.3, -0.25) is 20.9 Å². The van der Waals surface area contributed by atoms with Gasteiger partial charge >= 0.3 is 5.69 Å². The van der Waals surface area contributed by atoms with E-state index in [1.807, 2.05) is 0 Å². The highest BCUT2D eigenvalue weighted by molar-refractivity contribution is 6.45. The highest BCUT2D eigenvalue weighted by atomic mass is 16.6. The maximum atomic E-state index is 10.8. The quantitative estimate of drug-likeness (QED) is 0.307. The average Bonchev–Trinajstić information content (AvgIpc) is 2.39. The number of anilines is 1. The van der Waals surface area contributed by atoms with E-state index in [4.69, 9.17) is 21.1 Å². The third kappa shape index (κ3) is 3.67. The largest absolute Gasteiger partial charge is 0.487 e. The number of nitro groups is 1. The Hall–Kier alpha value is -3.15. The van der Waals surface area contributed by atoms with Crippen LogP contribution in [0.25, 0.3) is 0 Å². The molecule has 1 rings (SSSR count). The van der Waals surface area contributed by atoms with Crippen molar-refractivity contribution in [2.75, 3.05) is 12.0 Å². The summed E-state index contributed by atoms with van der Waals surface area (Å²) in [6.07, 6.45) is 0. The highest BCUT2D eigenvalue weighted by Gasteiger charge is 2.15. The van der Waals surface area contributed by atoms with Crippen molar-refractivity contribution in [3.05, 3.63) is 28.3 Å². The zero-order valence-electron chi connectivity index (χ0n) is 10.6. The molecule has 20 heavy (non-hydrogen) atoms. The third-order valence-electron chi connectivity index (χ3n) is 2.11. The molecular weight excluding hydrogens is 264 g/mol. The molecule has 0 heterocycles. The predicted molar refractivity (Wildman–Crippen MR) is 72.9 cm³/mol. The minimum Gasteiger partial charge on any atom is -0.487 e. The van der Waals surface area contributed by atoms with Crippen LogP contribution in [-0.2, 0) is 0 Å². The first-order valence-electron chi connectivity index (χ1n) is 5.49. The van der Waals surface area contributed by atoms with Gasteiger partial charge < -0.3 is 10.5 Å². The molecule has 4 N–H and O–H groups in total. The summed E-state index contributed by atoms with van der Waals surface area (Å²) in [5.74, 6) is -0.397. The number of hydrazone groups is 1. The van der Waals surface area contributed by atoms with Crippen LogP contribution < -0.4 is 15.9 Å². The summed E-state index contributed by atoms with van der Waals surface area (Å²) in [6, 6.07) is 5.67. The van der Waals surface area contributed by atoms with E-state index in [-0.39, 0.29) is 23.8 Å². The highest BCUT2D eigenvalue weighted by Crippen LogP contribution is 2.30. The Balaban J connectivity index is 3.04. The van der Waals surface area contributed by atoms with Crippen LogP contribution in [0.1, 0.15) is 6.92 Å². The van der Waals surface area contributed by atoms with Crippen LogP contribution in [0.5, 0.6) is 5.75 Å². The number of benzene rings is 1. The number of nitrogens with two attached hydrogens (primary N) is 1. The summed E-state index contributed by atoms with van der Waals surface area (Å²) in [6.45, 7) is 1.97. The number of rotatable bonds is 6. The van der Waals surface area contributed by atoms with Gasteiger partial charge in [0.05, 0.1) is 17.2 Å². The lowest BCUT2D eigenvalue weighted by molar-refractivity contribution is -0.385. The van der Waals surface area contributed by atoms with Crippen molar-refractivity contribution in [2.45, 2.75) is 6.92 Å². The lowest BCUT2D eigenvalue weighted by Gasteiger charge is -2.06. The van der Waals surface area contributed by atoms with Gasteiger partial charge in [0.25, 0.3) is 0 Å². The van der Waals surface area contributed by atoms with E-state index in [1.54, 1.807) is 13.0 Å². The van der Waals surface area contributed by atoms with Crippen molar-refractivity contribution in [1.82, 2.24) is 0 Å². The van der Waals surface area contributed by atoms with Crippen LogP contribution in [0.15, 0.2) is 23.3 Å². The van der Waals surface area contributed by atoms with Crippen LogP contribution in [0.3, 0.4) is 0 Å². The molecule has 9 nitrogen and oxygen atoms in total. The van der Waals surface area contributed by atoms with Gasteiger partial charge in [0, 0.05) is 12.1 Å². The van der Waals surface area contributed by atoms with Crippen molar-refractivity contribution >= 4 is 22.9 Å². The number of hydrogen-bond acceptors (Lipinski definition) is 7. The molecule has 0 unspecified atom stereocenters. The van der Waals surface area contributed by atoms with E-state index in [9.17, 15) is 10.1 Å². The fourth-order valence-corrected chi connectivity index (χ4v) is 1.27. The molecule has 0 aromatic heterocycles. The molecular formula is C11H12N6O3. The zero-order chi connectivity index (χ0) is 15.1. The minimum absolute atomic E-state index is 0.0824. The maximum absolute atomic E-state index is 10.8. The van der Waals surface area contributed by atoms with E-state index in [0.29, 0.717) is 5.69 Å². The number of ether oxygens (including phenoxy) is 1. The fraction of sp³-hybridized carbons (Fsp3) is 0.182. The molecule has 104 valence electrons. The smallest absolute Gasteiger partial charge is 0.311 e. The second kappa shape index (κ2) is 6.69. The van der Waals surface area contributed by atoms with E-state index >= 15 is 0 Å². The molecule has 0 amide bonds. The Morgan fingerprint density at radius 1 is 1.70 bits per heavy atom. The fourth-order valence-electron chi connectivity index (χ4n) is 1.27. The van der Waals surface area contributed by atoms with Gasteiger partial charge in [-0.15, -0.1) is 0 Å². The summed E-state index contributed by atoms with van der Waals surface area (Å²) in [5, 5.41) is 30.2. The van der Waals surface area contributed by atoms with Crippen LogP contribution in [0.2, 0.25) is 0 Å². The molecule has 0 aliphatic rings. The molecule has 0 saturated heterocycles. The Morgan fingerprint density at radius 3 is 2.90 bits per heavy atom. The summed E-state index contributed by atoms with van der Waals surface area (Å²) >= 11 is 0. The summed E-state index contributed by atoms with van der Waals surface area (Å²) < 4.78 is 5.16. The van der Waals surface area contributed by atoms with E-state index in [0.717, 1.165) is 0 Å². The first-order valence-corrected chi connectivity index (χ1v) is 5.49. The van der Waals surface area contributed by atoms with Gasteiger partial charge in [-0.25, -0.2) is 0 Å². The monoisotopic (exact) mass is 276 g/mol. The number of nitriles is 1. The second-order valence-corrected chi connectivity index (χ2v) is 3.47. The van der Waals surface area contributed by atoms with E-state index in [2.05, 4.69) is 10.5 Å². The van der Waals surface area contributed by atoms with Crippen molar-refractivity contribution in [2.24, 2.45) is 10.8 Å². The van der Waals surface area contributed by atoms with Gasteiger partial charge in [0.2, 0.25) is 5.71 Å². The molecule has 0 aliphatic heterocycles. The lowest BCUT2D eigenvalue weighted by atomic mass is 10.2. The number of amidine groups is 1. The van der Waals surface area contributed by atoms with Gasteiger partial charge in [-0.05, 0) is 13.0 Å². The van der Waals surface area contributed by atoms with Gasteiger partial charge in [0.1, 0.15) is 6.07 Å². The van der Waals surface area contributed by atoms with E-state index in [1.165, 1.54) is 18.2 Å². The first-order chi connectivity index (χ1) is 9.49. The Bertz CT molecular complexity index is 605. The number of nitrogens with one attached hydrogen (secondary N) is 2. The van der Waals surface area contributed by atoms with Gasteiger partial charge in [0.15, 0.2) is 11.6 Å². The molecule has 9 heteroatoms. The Kier molecular flexibility index (Phi) is 4.99. The molecule has 0 atom stereocenters. The standard InChI is InChI=1S/C11H12N6O3/c1-2-20-10-5-7(3-4-9(10)17(18)19)15-16-8(6-12)11(13)14/h3-5,15H,2H2,1H3,(H3,13,14)/b16-8+. The Morgan fingerprint density at radius 2 is 2.40 bits per heavy atom. The predicted octanol–water partition coefficient (Wildman–Crippen LogP) is 1.22. The van der Waals surface area contributed by atoms with Crippen LogP contribution in [-0.4, -0.2) is 23.1 Å². The molecule has 1 aromatic carbocycles. The molecule has 0 spiro atoms. The van der Waals surface area contributed by atoms with Crippen LogP contribution >= 0.6 is 0 Å². The van der Waals surface area contributed by atoms with Crippen LogP contribution in [0.4, 0.5) is 11.4 Å². The van der Waals surface area contributed by atoms with Crippen molar-refractivity contribution in [3.63, 3.8) is 0 Å². The molecule has 0 fully saturated rings. The van der Waals surface area contributed by atoms with E-state index < -0.39 is 10.8 Å². The average molecular weight is 276 g/mol. The summed E-state index contributed by atoms with van der Waals surface area (Å²) in [4.78, 5) is 10.2. The minimum atomic E-state index is -0.561. The summed E-state index contributed by atoms with van der Waals surface area (Å²) in [5.41, 5.74) is 7.52. The van der Waals surface area contributed by atoms with Crippen molar-refractivity contribution in [3.8, 4) is 11.8 Å². The van der Waals surface area contributed by atoms with Crippen molar-refractivity contribution in [1.29, 1.82) is 10.7 Å². The maximum Gasteiger partial charge on any atom is 0.311 e. The molecule has 0 bridgehead atoms. The van der Waals surface area contributed by atoms with Crippen LogP contribution in [0, 0.1) is 26.9 Å². The topological polar surface area (TPSA) is 150 Å². The number of nitrogens with zero attached hydrogens (tertiary/aromatic N) is 3. The van der Waals surface area contributed by atoms with Gasteiger partial charge in [-0.2, -0.15) is 10.4 Å². The first kappa shape index (κ1) is 14.9. The van der Waals surface area contributed by atoms with Gasteiger partial charge in [-0.1, -0.05) is 0 Å². The third-order valence-corrected chi connectivity index (χ3v) is 2.11. The number of hydrogen-bond donors (Lipinski definition) is 3. The molecule has 1 aromatic rings. The lowest BCUT2D eigenvalue weighted by Crippen LogP contribution is -2.21. The zero-order valence-corrected chi connectivity index (χ0v) is 10.6. The Labute approximate surface area is 114 Å². The second-order valence-electron chi connectivity index (χ2n) is 3.47. The SMILES string of the molecule is CCOc1cc(N/N=C(\C#N)C(=N)N)ccc1[N+](=O)[O-]. The molecule has 0 radical (unpaired) electrons. The normalized spacial score (nSPS) is 10.5. The number of nitro benzene ring substituents is 1. The summed E-state index contributed by atoms with van der Waals surface area (Å²) in [7, 11) is 0.